The second kappa shape index (κ2) is 10.3. The molecule has 33 heavy (non-hydrogen) atoms. The Balaban J connectivity index is 1.63. The third-order valence-corrected chi connectivity index (χ3v) is 5.38. The Hall–Kier alpha value is -4.35. The molecule has 0 amide bonds. The first-order chi connectivity index (χ1) is 16.1. The van der Waals surface area contributed by atoms with Gasteiger partial charge < -0.3 is 15.0 Å². The summed E-state index contributed by atoms with van der Waals surface area (Å²) in [6.07, 6.45) is 4.94. The maximum atomic E-state index is 9.00. The number of aromatic nitrogens is 3. The second-order valence-corrected chi connectivity index (χ2v) is 7.99. The average Bonchev–Trinajstić information content (AvgIpc) is 3.19. The van der Waals surface area contributed by atoms with Crippen LogP contribution in [0.5, 0.6) is 11.5 Å². The Morgan fingerprint density at radius 1 is 1.15 bits per heavy atom. The highest BCUT2D eigenvalue weighted by atomic mass is 32.2. The number of imidazole rings is 1. The van der Waals surface area contributed by atoms with Gasteiger partial charge in [-0.1, -0.05) is 42.6 Å². The molecule has 0 saturated heterocycles. The van der Waals surface area contributed by atoms with Gasteiger partial charge in [-0.3, -0.25) is 0 Å². The molecule has 2 heterocycles. The molecule has 4 aromatic rings. The van der Waals surface area contributed by atoms with Crippen molar-refractivity contribution in [2.45, 2.75) is 16.7 Å². The molecular weight excluding hydrogens is 432 g/mol. The number of hydrogen-bond donors (Lipinski definition) is 2. The molecule has 0 aliphatic rings. The van der Waals surface area contributed by atoms with E-state index in [4.69, 9.17) is 10.00 Å². The molecule has 7 nitrogen and oxygen atoms in total. The Bertz CT molecular complexity index is 1320. The number of allylic oxidation sites excluding steroid dienone is 1. The average molecular weight is 453 g/mol. The number of nitrogens with zero attached hydrogens (tertiary/aromatic N) is 4. The van der Waals surface area contributed by atoms with Crippen LogP contribution in [0.3, 0.4) is 0 Å². The smallest absolute Gasteiger partial charge is 0.208 e. The van der Waals surface area contributed by atoms with Gasteiger partial charge in [-0.2, -0.15) is 10.2 Å². The number of benzene rings is 2. The summed E-state index contributed by atoms with van der Waals surface area (Å²) >= 11 is 1.53. The van der Waals surface area contributed by atoms with Crippen molar-refractivity contribution in [1.29, 1.82) is 5.26 Å². The SMILES string of the molecule is C=C/C=N\c1nc(Nc2ncc(Sc3ccc(C#N)cc3)cc2Oc2ccccc2)[nH]c1C. The number of H-pyrrole nitrogens is 1. The van der Waals surface area contributed by atoms with Gasteiger partial charge in [-0.25, -0.2) is 9.98 Å². The Labute approximate surface area is 195 Å². The Kier molecular flexibility index (Phi) is 6.83. The van der Waals surface area contributed by atoms with Crippen LogP contribution in [0.15, 0.2) is 94.3 Å². The third kappa shape index (κ3) is 5.67. The van der Waals surface area contributed by atoms with Crippen LogP contribution in [0.2, 0.25) is 0 Å². The summed E-state index contributed by atoms with van der Waals surface area (Å²) < 4.78 is 6.13. The normalized spacial score (nSPS) is 10.7. The fourth-order valence-corrected chi connectivity index (χ4v) is 3.69. The number of anilines is 2. The van der Waals surface area contributed by atoms with Crippen molar-refractivity contribution in [3.05, 3.63) is 90.8 Å². The Morgan fingerprint density at radius 3 is 2.67 bits per heavy atom. The van der Waals surface area contributed by atoms with Gasteiger partial charge in [-0.05, 0) is 43.3 Å². The number of nitrogens with one attached hydrogen (secondary N) is 2. The van der Waals surface area contributed by atoms with Crippen molar-refractivity contribution < 1.29 is 4.74 Å². The number of aryl methyl sites for hydroxylation is 1. The molecule has 0 radical (unpaired) electrons. The quantitative estimate of drug-likeness (QED) is 0.294. The van der Waals surface area contributed by atoms with E-state index in [2.05, 4.69) is 37.9 Å². The second-order valence-electron chi connectivity index (χ2n) is 6.84. The number of hydrogen-bond acceptors (Lipinski definition) is 7. The van der Waals surface area contributed by atoms with Crippen molar-refractivity contribution in [3.63, 3.8) is 0 Å². The summed E-state index contributed by atoms with van der Waals surface area (Å²) in [5, 5.41) is 12.2. The van der Waals surface area contributed by atoms with Gasteiger partial charge in [0.1, 0.15) is 5.75 Å². The lowest BCUT2D eigenvalue weighted by atomic mass is 10.2. The van der Waals surface area contributed by atoms with Gasteiger partial charge >= 0.3 is 0 Å². The Morgan fingerprint density at radius 2 is 1.94 bits per heavy atom. The van der Waals surface area contributed by atoms with Crippen LogP contribution in [0, 0.1) is 18.3 Å². The molecule has 0 aliphatic heterocycles. The predicted molar refractivity (Wildman–Crippen MR) is 131 cm³/mol. The summed E-state index contributed by atoms with van der Waals surface area (Å²) in [5.74, 6) is 2.81. The minimum Gasteiger partial charge on any atom is -0.453 e. The summed E-state index contributed by atoms with van der Waals surface area (Å²) in [6.45, 7) is 5.52. The number of para-hydroxylation sites is 1. The van der Waals surface area contributed by atoms with Crippen molar-refractivity contribution in [2.24, 2.45) is 4.99 Å². The van der Waals surface area contributed by atoms with Crippen LogP contribution >= 0.6 is 11.8 Å². The molecule has 0 unspecified atom stereocenters. The van der Waals surface area contributed by atoms with E-state index < -0.39 is 0 Å². The first kappa shape index (κ1) is 21.9. The number of aliphatic imine (C=N–C) groups is 1. The van der Waals surface area contributed by atoms with Crippen LogP contribution in [0.4, 0.5) is 17.6 Å². The van der Waals surface area contributed by atoms with Gasteiger partial charge in [0.25, 0.3) is 0 Å². The molecule has 0 bridgehead atoms. The van der Waals surface area contributed by atoms with Crippen LogP contribution in [-0.2, 0) is 0 Å². The first-order valence-electron chi connectivity index (χ1n) is 10.0. The van der Waals surface area contributed by atoms with E-state index in [9.17, 15) is 0 Å². The summed E-state index contributed by atoms with van der Waals surface area (Å²) in [7, 11) is 0. The standard InChI is InChI=1S/C25H20N6OS/c1-3-13-27-23-17(2)29-25(30-23)31-24-22(32-19-7-5-4-6-8-19)14-21(16-28-24)33-20-11-9-18(15-26)10-12-20/h3-14,16H,1H2,2H3,(H2,28,29,30,31)/b27-13-. The van der Waals surface area contributed by atoms with Crippen LogP contribution < -0.4 is 10.1 Å². The minimum atomic E-state index is 0.501. The zero-order valence-electron chi connectivity index (χ0n) is 17.8. The van der Waals surface area contributed by atoms with Crippen LogP contribution in [-0.4, -0.2) is 21.2 Å². The minimum absolute atomic E-state index is 0.501. The van der Waals surface area contributed by atoms with E-state index in [1.165, 1.54) is 11.8 Å². The molecule has 2 aromatic heterocycles. The van der Waals surface area contributed by atoms with Crippen molar-refractivity contribution in [1.82, 2.24) is 15.0 Å². The molecule has 2 N–H and O–H groups in total. The molecular formula is C25H20N6OS. The first-order valence-corrected chi connectivity index (χ1v) is 10.9. The summed E-state index contributed by atoms with van der Waals surface area (Å²) in [5.41, 5.74) is 1.43. The third-order valence-electron chi connectivity index (χ3n) is 4.42. The topological polar surface area (TPSA) is 99.0 Å². The highest BCUT2D eigenvalue weighted by molar-refractivity contribution is 7.99. The highest BCUT2D eigenvalue weighted by Gasteiger charge is 2.13. The van der Waals surface area contributed by atoms with E-state index >= 15 is 0 Å². The molecule has 0 atom stereocenters. The molecule has 0 spiro atoms. The zero-order valence-corrected chi connectivity index (χ0v) is 18.6. The van der Waals surface area contributed by atoms with Crippen molar-refractivity contribution in [2.75, 3.05) is 5.32 Å². The van der Waals surface area contributed by atoms with Crippen molar-refractivity contribution in [3.8, 4) is 17.6 Å². The van der Waals surface area contributed by atoms with Gasteiger partial charge in [0.15, 0.2) is 17.4 Å². The van der Waals surface area contributed by atoms with E-state index in [0.29, 0.717) is 34.6 Å². The van der Waals surface area contributed by atoms with Gasteiger partial charge in [0.05, 0.1) is 17.3 Å². The monoisotopic (exact) mass is 452 g/mol. The van der Waals surface area contributed by atoms with Crippen LogP contribution in [0.1, 0.15) is 11.3 Å². The number of aromatic amines is 1. The molecule has 8 heteroatoms. The fraction of sp³-hybridized carbons (Fsp3) is 0.0400. The molecule has 162 valence electrons. The zero-order chi connectivity index (χ0) is 23.0. The molecule has 0 aliphatic carbocycles. The largest absolute Gasteiger partial charge is 0.453 e. The molecule has 4 rings (SSSR count). The van der Waals surface area contributed by atoms with Crippen molar-refractivity contribution >= 4 is 35.6 Å². The molecule has 0 fully saturated rings. The fourth-order valence-electron chi connectivity index (χ4n) is 2.87. The van der Waals surface area contributed by atoms with E-state index in [1.54, 1.807) is 30.6 Å². The maximum absolute atomic E-state index is 9.00. The lowest BCUT2D eigenvalue weighted by Crippen LogP contribution is -1.99. The van der Waals surface area contributed by atoms with E-state index in [0.717, 1.165) is 15.5 Å². The summed E-state index contributed by atoms with van der Waals surface area (Å²) in [4.78, 5) is 18.3. The summed E-state index contributed by atoms with van der Waals surface area (Å²) in [6, 6.07) is 20.9. The van der Waals surface area contributed by atoms with Gasteiger partial charge in [-0.15, -0.1) is 0 Å². The lowest BCUT2D eigenvalue weighted by Gasteiger charge is -2.12. The number of rotatable bonds is 8. The van der Waals surface area contributed by atoms with Crippen LogP contribution in [0.25, 0.3) is 0 Å². The number of nitriles is 1. The molecule has 0 saturated carbocycles. The maximum Gasteiger partial charge on any atom is 0.208 e. The van der Waals surface area contributed by atoms with Gasteiger partial charge in [0, 0.05) is 28.3 Å². The predicted octanol–water partition coefficient (Wildman–Crippen LogP) is 6.56. The number of ether oxygens (including phenoxy) is 1. The van der Waals surface area contributed by atoms with Gasteiger partial charge in [0.2, 0.25) is 5.95 Å². The van der Waals surface area contributed by atoms with E-state index in [1.807, 2.05) is 55.5 Å². The number of pyridine rings is 1. The lowest BCUT2D eigenvalue weighted by molar-refractivity contribution is 0.481. The van der Waals surface area contributed by atoms with E-state index in [-0.39, 0.29) is 0 Å². The molecule has 2 aromatic carbocycles. The highest BCUT2D eigenvalue weighted by Crippen LogP contribution is 2.36.